The van der Waals surface area contributed by atoms with Crippen LogP contribution in [0.4, 0.5) is 10.6 Å². The molecule has 4 heterocycles. The number of nitrogens with one attached hydrogen (secondary N) is 4. The molecular formula is C39H54N10O6. The van der Waals surface area contributed by atoms with Crippen molar-refractivity contribution in [1.29, 1.82) is 0 Å². The van der Waals surface area contributed by atoms with Crippen molar-refractivity contribution in [3.05, 3.63) is 48.0 Å². The number of hydrogen-bond donors (Lipinski definition) is 8. The largest absolute Gasteiger partial charge is 0.394 e. The van der Waals surface area contributed by atoms with Gasteiger partial charge in [-0.2, -0.15) is 0 Å². The number of nitrogens with zero attached hydrogens (tertiary/aromatic N) is 6. The number of aryl methyl sites for hydroxylation is 1. The normalized spacial score (nSPS) is 24.1. The first kappa shape index (κ1) is 41.4. The number of carbonyl (C=O) groups is 2. The number of benzene rings is 1. The van der Waals surface area contributed by atoms with E-state index in [-0.39, 0.29) is 37.2 Å². The lowest BCUT2D eigenvalue weighted by Crippen LogP contribution is -2.47. The highest BCUT2D eigenvalue weighted by atomic mass is 16.3. The second-order valence-electron chi connectivity index (χ2n) is 14.2. The quantitative estimate of drug-likeness (QED) is 0.113. The van der Waals surface area contributed by atoms with E-state index in [1.165, 1.54) is 6.33 Å². The average Bonchev–Trinajstić information content (AvgIpc) is 3.98. The molecule has 3 amide bonds. The number of imidazole rings is 1. The topological polar surface area (TPSA) is 213 Å². The van der Waals surface area contributed by atoms with Gasteiger partial charge in [0.1, 0.15) is 30.2 Å². The van der Waals surface area contributed by atoms with Crippen LogP contribution < -0.4 is 21.3 Å². The summed E-state index contributed by atoms with van der Waals surface area (Å²) in [5.41, 5.74) is 2.00. The number of urea groups is 1. The number of amides is 3. The highest BCUT2D eigenvalue weighted by Gasteiger charge is 2.44. The van der Waals surface area contributed by atoms with Crippen LogP contribution in [0.1, 0.15) is 50.5 Å². The summed E-state index contributed by atoms with van der Waals surface area (Å²) in [5, 5.41) is 51.8. The molecule has 16 heteroatoms. The summed E-state index contributed by atoms with van der Waals surface area (Å²) in [6.07, 6.45) is 1.98. The number of aliphatic hydroxyl groups excluding tert-OH is 4. The van der Waals surface area contributed by atoms with E-state index in [4.69, 9.17) is 5.11 Å². The number of anilines is 1. The van der Waals surface area contributed by atoms with E-state index in [1.807, 2.05) is 44.2 Å². The predicted molar refractivity (Wildman–Crippen MR) is 208 cm³/mol. The van der Waals surface area contributed by atoms with Gasteiger partial charge in [0.2, 0.25) is 5.91 Å². The van der Waals surface area contributed by atoms with Gasteiger partial charge >= 0.3 is 6.03 Å². The lowest BCUT2D eigenvalue weighted by molar-refractivity contribution is -0.125. The Labute approximate surface area is 322 Å². The van der Waals surface area contributed by atoms with Gasteiger partial charge in [0.15, 0.2) is 11.5 Å². The number of likely N-dealkylation sites (tertiary alicyclic amines) is 2. The van der Waals surface area contributed by atoms with Crippen LogP contribution in [-0.4, -0.2) is 151 Å². The molecule has 2 aromatic heterocycles. The Hall–Kier alpha value is -4.81. The van der Waals surface area contributed by atoms with Gasteiger partial charge in [-0.05, 0) is 52.0 Å². The van der Waals surface area contributed by atoms with Gasteiger partial charge in [-0.15, -0.1) is 11.8 Å². The Balaban J connectivity index is 0.000000229. The first-order chi connectivity index (χ1) is 26.6. The van der Waals surface area contributed by atoms with Crippen LogP contribution in [0.3, 0.4) is 0 Å². The van der Waals surface area contributed by atoms with Crippen molar-refractivity contribution in [3.63, 3.8) is 0 Å². The van der Waals surface area contributed by atoms with Gasteiger partial charge < -0.3 is 46.3 Å². The first-order valence-corrected chi connectivity index (χ1v) is 18.8. The summed E-state index contributed by atoms with van der Waals surface area (Å²) in [7, 11) is 0. The van der Waals surface area contributed by atoms with Crippen LogP contribution in [0.2, 0.25) is 0 Å². The molecule has 1 saturated carbocycles. The third-order valence-corrected chi connectivity index (χ3v) is 10.1. The predicted octanol–water partition coefficient (Wildman–Crippen LogP) is -0.225. The number of fused-ring (bicyclic) bond motifs is 1. The van der Waals surface area contributed by atoms with E-state index in [0.717, 1.165) is 57.7 Å². The van der Waals surface area contributed by atoms with Gasteiger partial charge in [-0.1, -0.05) is 42.2 Å². The van der Waals surface area contributed by atoms with Gasteiger partial charge in [0.25, 0.3) is 0 Å². The average molecular weight is 759 g/mol. The molecule has 8 N–H and O–H groups in total. The maximum absolute atomic E-state index is 12.1. The molecule has 0 radical (unpaired) electrons. The van der Waals surface area contributed by atoms with Gasteiger partial charge in [0.05, 0.1) is 44.1 Å². The van der Waals surface area contributed by atoms with E-state index < -0.39 is 36.8 Å². The highest BCUT2D eigenvalue weighted by Crippen LogP contribution is 2.34. The SMILES string of the molecule is CC#CCN1CC[C@@H](NC(=O)N[C@@H]2CCN(CC#CC)C2)C1.Cc1nc(N[C@H](CO)Cc2ccccc2)c2ncn([C@@H]3C[C@H](NC(=O)CO)[C@@H](O)[C@H]3O)c2n1. The van der Waals surface area contributed by atoms with Crippen molar-refractivity contribution in [2.45, 2.75) is 88.9 Å². The van der Waals surface area contributed by atoms with Crippen LogP contribution in [0.25, 0.3) is 11.2 Å². The zero-order chi connectivity index (χ0) is 39.3. The van der Waals surface area contributed by atoms with E-state index in [0.29, 0.717) is 29.2 Å². The smallest absolute Gasteiger partial charge is 0.315 e. The maximum atomic E-state index is 12.1. The Kier molecular flexibility index (Phi) is 15.2. The summed E-state index contributed by atoms with van der Waals surface area (Å²) < 4.78 is 1.67. The van der Waals surface area contributed by atoms with Crippen LogP contribution in [0.5, 0.6) is 0 Å². The number of hydrogen-bond acceptors (Lipinski definition) is 12. The minimum absolute atomic E-state index is 0.0400. The monoisotopic (exact) mass is 758 g/mol. The van der Waals surface area contributed by atoms with Gasteiger partial charge in [0, 0.05) is 38.3 Å². The third kappa shape index (κ3) is 11.4. The molecule has 6 rings (SSSR count). The third-order valence-electron chi connectivity index (χ3n) is 10.1. The van der Waals surface area contributed by atoms with E-state index in [9.17, 15) is 24.9 Å². The molecule has 296 valence electrons. The van der Waals surface area contributed by atoms with Crippen LogP contribution >= 0.6 is 0 Å². The molecule has 2 aliphatic heterocycles. The zero-order valence-electron chi connectivity index (χ0n) is 31.8. The molecule has 2 saturated heterocycles. The lowest BCUT2D eigenvalue weighted by Gasteiger charge is -2.19. The minimum atomic E-state index is -1.20. The minimum Gasteiger partial charge on any atom is -0.394 e. The van der Waals surface area contributed by atoms with Crippen molar-refractivity contribution in [1.82, 2.24) is 45.3 Å². The van der Waals surface area contributed by atoms with E-state index >= 15 is 0 Å². The van der Waals surface area contributed by atoms with E-state index in [2.05, 4.69) is 69.7 Å². The number of carbonyl (C=O) groups excluding carboxylic acids is 2. The Morgan fingerprint density at radius 2 is 1.55 bits per heavy atom. The molecule has 3 aliphatic rings. The number of rotatable bonds is 12. The molecule has 0 bridgehead atoms. The Morgan fingerprint density at radius 1 is 0.909 bits per heavy atom. The van der Waals surface area contributed by atoms with Crippen LogP contribution in [0, 0.1) is 30.6 Å². The zero-order valence-corrected chi connectivity index (χ0v) is 31.8. The molecule has 7 atom stereocenters. The van der Waals surface area contributed by atoms with Crippen molar-refractivity contribution >= 4 is 28.9 Å². The fourth-order valence-electron chi connectivity index (χ4n) is 7.28. The standard InChI is InChI=1S/C22H28N6O5.C17H26N4O/c1-12-24-21(26-14(9-29)7-13-5-3-2-4-6-13)18-22(25-12)28(11-23-18)16-8-15(19(32)20(16)33)27-17(31)10-30;1-3-5-9-20-11-7-15(13-20)18-17(22)19-16-8-12-21(14-16)10-6-4-2/h2-6,11,14-16,19-20,29-30,32-33H,7-10H2,1H3,(H,27,31)(H,24,25,26);15-16H,7-14H2,1-2H3,(H2,18,19,22)/t14-,15-,16+,19+,20-;15-,16-/m01/s1. The number of aromatic nitrogens is 4. The molecule has 1 aliphatic carbocycles. The summed E-state index contributed by atoms with van der Waals surface area (Å²) >= 11 is 0. The summed E-state index contributed by atoms with van der Waals surface area (Å²) in [6.45, 7) is 10.0. The maximum Gasteiger partial charge on any atom is 0.315 e. The van der Waals surface area contributed by atoms with E-state index in [1.54, 1.807) is 11.5 Å². The van der Waals surface area contributed by atoms with Crippen molar-refractivity contribution in [2.24, 2.45) is 0 Å². The summed E-state index contributed by atoms with van der Waals surface area (Å²) in [4.78, 5) is 41.6. The molecule has 3 fully saturated rings. The van der Waals surface area contributed by atoms with Crippen LogP contribution in [0.15, 0.2) is 36.7 Å². The second-order valence-corrected chi connectivity index (χ2v) is 14.2. The Bertz CT molecular complexity index is 1810. The molecule has 0 spiro atoms. The fourth-order valence-corrected chi connectivity index (χ4v) is 7.28. The summed E-state index contributed by atoms with van der Waals surface area (Å²) in [6, 6.07) is 8.62. The molecule has 0 unspecified atom stereocenters. The molecule has 1 aromatic carbocycles. The summed E-state index contributed by atoms with van der Waals surface area (Å²) in [5.74, 6) is 12.3. The fraction of sp³-hybridized carbons (Fsp3) is 0.564. The van der Waals surface area contributed by atoms with Crippen molar-refractivity contribution < 1.29 is 30.0 Å². The molecule has 55 heavy (non-hydrogen) atoms. The number of aliphatic hydroxyl groups is 4. The highest BCUT2D eigenvalue weighted by molar-refractivity contribution is 5.83. The lowest BCUT2D eigenvalue weighted by atomic mass is 10.1. The molecular weight excluding hydrogens is 704 g/mol. The van der Waals surface area contributed by atoms with Crippen LogP contribution in [-0.2, 0) is 11.2 Å². The second kappa shape index (κ2) is 20.2. The molecule has 3 aromatic rings. The van der Waals surface area contributed by atoms with Crippen molar-refractivity contribution in [2.75, 3.05) is 57.8 Å². The van der Waals surface area contributed by atoms with Crippen molar-refractivity contribution in [3.8, 4) is 23.7 Å². The van der Waals surface area contributed by atoms with Gasteiger partial charge in [-0.25, -0.2) is 19.7 Å². The first-order valence-electron chi connectivity index (χ1n) is 18.8. The van der Waals surface area contributed by atoms with Gasteiger partial charge in [-0.3, -0.25) is 14.6 Å². The molecule has 16 nitrogen and oxygen atoms in total. The Morgan fingerprint density at radius 3 is 2.13 bits per heavy atom.